The highest BCUT2D eigenvalue weighted by molar-refractivity contribution is 9.09. The average Bonchev–Trinajstić information content (AvgIpc) is 2.51. The zero-order valence-corrected chi connectivity index (χ0v) is 16.4. The number of hydrogen-bond acceptors (Lipinski definition) is 2. The van der Waals surface area contributed by atoms with Crippen LogP contribution < -0.4 is 10.1 Å². The van der Waals surface area contributed by atoms with Gasteiger partial charge in [-0.3, -0.25) is 4.79 Å². The molecular formula is C19H30BrNO2. The zero-order valence-electron chi connectivity index (χ0n) is 14.8. The third-order valence-corrected chi connectivity index (χ3v) is 4.80. The number of carbonyl (C=O) groups excluding carboxylic acids is 1. The van der Waals surface area contributed by atoms with Gasteiger partial charge in [0.05, 0.1) is 12.3 Å². The number of rotatable bonds is 10. The van der Waals surface area contributed by atoms with Crippen LogP contribution in [0.2, 0.25) is 0 Å². The second-order valence-corrected chi connectivity index (χ2v) is 7.15. The summed E-state index contributed by atoms with van der Waals surface area (Å²) in [5.41, 5.74) is 2.00. The van der Waals surface area contributed by atoms with E-state index in [1.807, 2.05) is 26.8 Å². The quantitative estimate of drug-likeness (QED) is 0.536. The van der Waals surface area contributed by atoms with Gasteiger partial charge in [0.15, 0.2) is 0 Å². The number of hydrogen-bond donors (Lipinski definition) is 1. The van der Waals surface area contributed by atoms with E-state index in [0.29, 0.717) is 11.4 Å². The molecule has 1 aromatic carbocycles. The second kappa shape index (κ2) is 10.7. The number of alkyl halides is 1. The van der Waals surface area contributed by atoms with E-state index in [4.69, 9.17) is 4.74 Å². The van der Waals surface area contributed by atoms with Gasteiger partial charge in [0.2, 0.25) is 5.91 Å². The summed E-state index contributed by atoms with van der Waals surface area (Å²) in [5.74, 6) is 0.897. The molecule has 1 rings (SSSR count). The van der Waals surface area contributed by atoms with Gasteiger partial charge in [0.25, 0.3) is 0 Å². The van der Waals surface area contributed by atoms with Crippen LogP contribution in [0, 0.1) is 5.92 Å². The van der Waals surface area contributed by atoms with Crippen molar-refractivity contribution in [3.05, 3.63) is 23.8 Å². The molecule has 1 aromatic rings. The first-order valence-electron chi connectivity index (χ1n) is 8.76. The molecule has 1 unspecified atom stereocenters. The fourth-order valence-corrected chi connectivity index (χ4v) is 3.47. The van der Waals surface area contributed by atoms with Crippen molar-refractivity contribution in [2.24, 2.45) is 5.92 Å². The molecule has 1 amide bonds. The molecule has 0 heterocycles. The Balaban J connectivity index is 2.89. The minimum atomic E-state index is 0.0561. The first kappa shape index (κ1) is 20.0. The average molecular weight is 384 g/mol. The third-order valence-electron chi connectivity index (χ3n) is 4.02. The van der Waals surface area contributed by atoms with Crippen molar-refractivity contribution in [3.8, 4) is 5.75 Å². The van der Waals surface area contributed by atoms with Crippen molar-refractivity contribution in [2.75, 3.05) is 11.9 Å². The van der Waals surface area contributed by atoms with Gasteiger partial charge in [0, 0.05) is 10.7 Å². The molecule has 0 bridgehead atoms. The van der Waals surface area contributed by atoms with Crippen LogP contribution in [-0.2, 0) is 11.2 Å². The maximum Gasteiger partial charge on any atom is 0.227 e. The summed E-state index contributed by atoms with van der Waals surface area (Å²) in [6.07, 6.45) is 4.99. The van der Waals surface area contributed by atoms with Crippen molar-refractivity contribution in [1.29, 1.82) is 0 Å². The number of amides is 1. The molecule has 0 aliphatic rings. The largest absolute Gasteiger partial charge is 0.492 e. The van der Waals surface area contributed by atoms with Gasteiger partial charge in [-0.1, -0.05) is 49.2 Å². The Morgan fingerprint density at radius 3 is 2.48 bits per heavy atom. The van der Waals surface area contributed by atoms with Gasteiger partial charge >= 0.3 is 0 Å². The molecule has 1 atom stereocenters. The summed E-state index contributed by atoms with van der Waals surface area (Å²) in [6, 6.07) is 6.09. The van der Waals surface area contributed by atoms with E-state index in [-0.39, 0.29) is 11.8 Å². The number of halogens is 1. The monoisotopic (exact) mass is 383 g/mol. The Morgan fingerprint density at radius 2 is 1.91 bits per heavy atom. The van der Waals surface area contributed by atoms with E-state index in [9.17, 15) is 4.79 Å². The van der Waals surface area contributed by atoms with Crippen LogP contribution in [0.1, 0.15) is 58.9 Å². The molecule has 0 aromatic heterocycles. The van der Waals surface area contributed by atoms with E-state index in [0.717, 1.165) is 43.5 Å². The van der Waals surface area contributed by atoms with E-state index in [1.165, 1.54) is 5.56 Å². The Hall–Kier alpha value is -1.03. The van der Waals surface area contributed by atoms with Crippen molar-refractivity contribution in [1.82, 2.24) is 0 Å². The summed E-state index contributed by atoms with van der Waals surface area (Å²) in [4.78, 5) is 12.8. The second-order valence-electron chi connectivity index (χ2n) is 5.86. The van der Waals surface area contributed by atoms with E-state index in [1.54, 1.807) is 0 Å². The van der Waals surface area contributed by atoms with Gasteiger partial charge in [-0.05, 0) is 50.3 Å². The lowest BCUT2D eigenvalue weighted by atomic mass is 10.0. The summed E-state index contributed by atoms with van der Waals surface area (Å²) >= 11 is 3.72. The number of ether oxygens (including phenoxy) is 1. The fraction of sp³-hybridized carbons (Fsp3) is 0.632. The molecule has 0 saturated heterocycles. The summed E-state index contributed by atoms with van der Waals surface area (Å²) < 4.78 is 5.74. The van der Waals surface area contributed by atoms with Crippen LogP contribution in [0.15, 0.2) is 18.2 Å². The predicted molar refractivity (Wildman–Crippen MR) is 102 cm³/mol. The lowest BCUT2D eigenvalue weighted by Crippen LogP contribution is -2.22. The Bertz CT molecular complexity index is 486. The summed E-state index contributed by atoms with van der Waals surface area (Å²) in [5, 5.41) is 3.03. The highest BCUT2D eigenvalue weighted by Crippen LogP contribution is 2.28. The minimum absolute atomic E-state index is 0.0561. The highest BCUT2D eigenvalue weighted by Gasteiger charge is 2.16. The summed E-state index contributed by atoms with van der Waals surface area (Å²) in [7, 11) is 0. The first-order chi connectivity index (χ1) is 11.0. The molecule has 0 aliphatic heterocycles. The van der Waals surface area contributed by atoms with Crippen LogP contribution >= 0.6 is 15.9 Å². The maximum absolute atomic E-state index is 12.3. The van der Waals surface area contributed by atoms with Crippen LogP contribution in [-0.4, -0.2) is 17.3 Å². The minimum Gasteiger partial charge on any atom is -0.492 e. The molecule has 4 heteroatoms. The smallest absolute Gasteiger partial charge is 0.227 e. The van der Waals surface area contributed by atoms with Crippen molar-refractivity contribution in [2.45, 2.75) is 64.6 Å². The molecule has 1 N–H and O–H groups in total. The normalized spacial score (nSPS) is 12.3. The first-order valence-corrected chi connectivity index (χ1v) is 9.67. The lowest BCUT2D eigenvalue weighted by molar-refractivity contribution is -0.120. The van der Waals surface area contributed by atoms with Gasteiger partial charge < -0.3 is 10.1 Å². The molecule has 0 saturated carbocycles. The Morgan fingerprint density at radius 1 is 1.22 bits per heavy atom. The van der Waals surface area contributed by atoms with Gasteiger partial charge in [-0.25, -0.2) is 0 Å². The lowest BCUT2D eigenvalue weighted by Gasteiger charge is -2.17. The molecule has 0 radical (unpaired) electrons. The van der Waals surface area contributed by atoms with Crippen molar-refractivity contribution < 1.29 is 9.53 Å². The van der Waals surface area contributed by atoms with Crippen molar-refractivity contribution in [3.63, 3.8) is 0 Å². The molecule has 23 heavy (non-hydrogen) atoms. The van der Waals surface area contributed by atoms with E-state index < -0.39 is 0 Å². The molecule has 3 nitrogen and oxygen atoms in total. The zero-order chi connectivity index (χ0) is 17.2. The predicted octanol–water partition coefficient (Wildman–Crippen LogP) is 5.57. The molecular weight excluding hydrogens is 354 g/mol. The molecule has 0 aliphatic carbocycles. The van der Waals surface area contributed by atoms with Crippen LogP contribution in [0.25, 0.3) is 0 Å². The molecule has 0 spiro atoms. The number of nitrogens with one attached hydrogen (secondary N) is 1. The van der Waals surface area contributed by atoms with Gasteiger partial charge in [-0.2, -0.15) is 0 Å². The van der Waals surface area contributed by atoms with Gasteiger partial charge in [-0.15, -0.1) is 0 Å². The van der Waals surface area contributed by atoms with Crippen LogP contribution in [0.4, 0.5) is 5.69 Å². The fourth-order valence-electron chi connectivity index (χ4n) is 2.64. The topological polar surface area (TPSA) is 38.3 Å². The SMILES string of the molecule is CCCC(Br)Cc1ccc(NC(=O)C(CC)CC)c(OCC)c1. The summed E-state index contributed by atoms with van der Waals surface area (Å²) in [6.45, 7) is 8.83. The molecule has 0 fully saturated rings. The van der Waals surface area contributed by atoms with Gasteiger partial charge in [0.1, 0.15) is 5.75 Å². The Kier molecular flexibility index (Phi) is 9.30. The Labute approximate surface area is 149 Å². The molecule has 130 valence electrons. The number of anilines is 1. The van der Waals surface area contributed by atoms with E-state index >= 15 is 0 Å². The van der Waals surface area contributed by atoms with Crippen LogP contribution in [0.3, 0.4) is 0 Å². The maximum atomic E-state index is 12.3. The van der Waals surface area contributed by atoms with E-state index in [2.05, 4.69) is 40.3 Å². The third kappa shape index (κ3) is 6.54. The number of carbonyl (C=O) groups is 1. The highest BCUT2D eigenvalue weighted by atomic mass is 79.9. The van der Waals surface area contributed by atoms with Crippen molar-refractivity contribution >= 4 is 27.5 Å². The van der Waals surface area contributed by atoms with Crippen LogP contribution in [0.5, 0.6) is 5.75 Å². The standard InChI is InChI=1S/C19H30BrNO2/c1-5-9-16(20)12-14-10-11-17(18(13-14)23-8-4)21-19(22)15(6-2)7-3/h10-11,13,15-16H,5-9,12H2,1-4H3,(H,21,22). The number of benzene rings is 1.